The number of nitrogens with zero attached hydrogens (tertiary/aromatic N) is 1. The largest absolute Gasteiger partial charge is 0.495 e. The monoisotopic (exact) mass is 331 g/mol. The second-order valence-corrected chi connectivity index (χ2v) is 5.34. The van der Waals surface area contributed by atoms with Gasteiger partial charge in [-0.25, -0.2) is 0 Å². The van der Waals surface area contributed by atoms with Crippen molar-refractivity contribution >= 4 is 28.7 Å². The van der Waals surface area contributed by atoms with Crippen molar-refractivity contribution in [3.05, 3.63) is 63.7 Å². The van der Waals surface area contributed by atoms with Gasteiger partial charge in [0.2, 0.25) is 0 Å². The number of aryl methyl sites for hydroxylation is 1. The fourth-order valence-electron chi connectivity index (χ4n) is 1.96. The zero-order valence-electron chi connectivity index (χ0n) is 12.8. The van der Waals surface area contributed by atoms with Gasteiger partial charge in [-0.1, -0.05) is 29.8 Å². The second kappa shape index (κ2) is 7.55. The third-order valence-corrected chi connectivity index (χ3v) is 3.46. The smallest absolute Gasteiger partial charge is 0.271 e. The molecule has 2 aromatic rings. The minimum Gasteiger partial charge on any atom is -0.495 e. The quantitative estimate of drug-likeness (QED) is 0.497. The standard InChI is InChI=1S/C16H17N3O3S/c1-11-3-5-12(6-4-11)10-17-16(23)18-14-9-13(19(20)21)7-8-15(14)22-2/h3-9H,10H2,1-2H3,(H2,17,18,23). The summed E-state index contributed by atoms with van der Waals surface area (Å²) in [5.41, 5.74) is 2.69. The number of anilines is 1. The van der Waals surface area contributed by atoms with Gasteiger partial charge in [0.1, 0.15) is 5.75 Å². The average molecular weight is 331 g/mol. The maximum atomic E-state index is 10.9. The van der Waals surface area contributed by atoms with Crippen LogP contribution in [0.15, 0.2) is 42.5 Å². The van der Waals surface area contributed by atoms with E-state index in [1.807, 2.05) is 31.2 Å². The Morgan fingerprint density at radius 3 is 2.57 bits per heavy atom. The molecule has 0 unspecified atom stereocenters. The van der Waals surface area contributed by atoms with E-state index in [1.165, 1.54) is 30.9 Å². The number of benzene rings is 2. The third-order valence-electron chi connectivity index (χ3n) is 3.22. The molecule has 2 N–H and O–H groups in total. The Kier molecular flexibility index (Phi) is 5.48. The fraction of sp³-hybridized carbons (Fsp3) is 0.188. The maximum absolute atomic E-state index is 10.9. The van der Waals surface area contributed by atoms with Gasteiger partial charge in [-0.05, 0) is 30.8 Å². The molecule has 0 aliphatic heterocycles. The molecule has 6 nitrogen and oxygen atoms in total. The Balaban J connectivity index is 2.02. The van der Waals surface area contributed by atoms with Crippen LogP contribution in [0.2, 0.25) is 0 Å². The molecule has 0 saturated heterocycles. The predicted molar refractivity (Wildman–Crippen MR) is 93.9 cm³/mol. The molecule has 0 bridgehead atoms. The number of methoxy groups -OCH3 is 1. The van der Waals surface area contributed by atoms with Crippen molar-refractivity contribution in [1.82, 2.24) is 5.32 Å². The molecule has 0 atom stereocenters. The van der Waals surface area contributed by atoms with E-state index in [-0.39, 0.29) is 5.69 Å². The molecule has 23 heavy (non-hydrogen) atoms. The summed E-state index contributed by atoms with van der Waals surface area (Å²) >= 11 is 5.23. The molecule has 0 aliphatic carbocycles. The summed E-state index contributed by atoms with van der Waals surface area (Å²) in [5, 5.41) is 17.2. The Hall–Kier alpha value is -2.67. The van der Waals surface area contributed by atoms with Gasteiger partial charge in [0, 0.05) is 18.7 Å². The Bertz CT molecular complexity index is 717. The fourth-order valence-corrected chi connectivity index (χ4v) is 2.14. The highest BCUT2D eigenvalue weighted by Gasteiger charge is 2.12. The molecule has 2 aromatic carbocycles. The van der Waals surface area contributed by atoms with Gasteiger partial charge in [-0.3, -0.25) is 10.1 Å². The van der Waals surface area contributed by atoms with Crippen molar-refractivity contribution in [2.24, 2.45) is 0 Å². The van der Waals surface area contributed by atoms with Crippen molar-refractivity contribution in [2.45, 2.75) is 13.5 Å². The number of ether oxygens (including phenoxy) is 1. The molecule has 0 amide bonds. The highest BCUT2D eigenvalue weighted by Crippen LogP contribution is 2.28. The minimum absolute atomic E-state index is 0.0327. The highest BCUT2D eigenvalue weighted by atomic mass is 32.1. The van der Waals surface area contributed by atoms with E-state index < -0.39 is 4.92 Å². The number of nitrogens with one attached hydrogen (secondary N) is 2. The molecule has 120 valence electrons. The van der Waals surface area contributed by atoms with Gasteiger partial charge in [0.15, 0.2) is 5.11 Å². The Morgan fingerprint density at radius 2 is 1.96 bits per heavy atom. The van der Waals surface area contributed by atoms with Crippen LogP contribution in [0.25, 0.3) is 0 Å². The van der Waals surface area contributed by atoms with Crippen molar-refractivity contribution in [3.8, 4) is 5.75 Å². The number of thiocarbonyl (C=S) groups is 1. The van der Waals surface area contributed by atoms with Crippen molar-refractivity contribution in [3.63, 3.8) is 0 Å². The Morgan fingerprint density at radius 1 is 1.26 bits per heavy atom. The predicted octanol–water partition coefficient (Wildman–Crippen LogP) is 3.40. The van der Waals surface area contributed by atoms with Crippen LogP contribution in [0.3, 0.4) is 0 Å². The first kappa shape index (κ1) is 16.7. The van der Waals surface area contributed by atoms with Gasteiger partial charge in [0.25, 0.3) is 5.69 Å². The Labute approximate surface area is 139 Å². The van der Waals surface area contributed by atoms with Crippen molar-refractivity contribution in [1.29, 1.82) is 0 Å². The van der Waals surface area contributed by atoms with Gasteiger partial charge in [-0.15, -0.1) is 0 Å². The van der Waals surface area contributed by atoms with Crippen LogP contribution in [0.1, 0.15) is 11.1 Å². The molecule has 7 heteroatoms. The zero-order valence-corrected chi connectivity index (χ0v) is 13.6. The number of nitro benzene ring substituents is 1. The van der Waals surface area contributed by atoms with Crippen LogP contribution in [-0.4, -0.2) is 17.1 Å². The molecule has 0 spiro atoms. The molecular weight excluding hydrogens is 314 g/mol. The zero-order chi connectivity index (χ0) is 16.8. The number of hydrogen-bond acceptors (Lipinski definition) is 4. The molecule has 0 aliphatic rings. The lowest BCUT2D eigenvalue weighted by molar-refractivity contribution is -0.384. The first-order valence-electron chi connectivity index (χ1n) is 6.92. The molecule has 0 radical (unpaired) electrons. The molecule has 0 saturated carbocycles. The SMILES string of the molecule is COc1ccc([N+](=O)[O-])cc1NC(=S)NCc1ccc(C)cc1. The number of non-ortho nitro benzene ring substituents is 1. The second-order valence-electron chi connectivity index (χ2n) is 4.93. The summed E-state index contributed by atoms with van der Waals surface area (Å²) in [5.74, 6) is 0.482. The number of nitro groups is 1. The molecule has 0 heterocycles. The van der Waals surface area contributed by atoms with E-state index in [9.17, 15) is 10.1 Å². The summed E-state index contributed by atoms with van der Waals surface area (Å²) in [4.78, 5) is 10.4. The molecule has 0 fully saturated rings. The minimum atomic E-state index is -0.465. The van der Waals surface area contributed by atoms with Gasteiger partial charge in [-0.2, -0.15) is 0 Å². The van der Waals surface area contributed by atoms with Crippen molar-refractivity contribution < 1.29 is 9.66 Å². The van der Waals surface area contributed by atoms with Crippen LogP contribution in [0.5, 0.6) is 5.75 Å². The van der Waals surface area contributed by atoms with E-state index in [1.54, 1.807) is 0 Å². The van der Waals surface area contributed by atoms with Gasteiger partial charge in [0.05, 0.1) is 17.7 Å². The van der Waals surface area contributed by atoms with Crippen LogP contribution in [0.4, 0.5) is 11.4 Å². The van der Waals surface area contributed by atoms with E-state index in [4.69, 9.17) is 17.0 Å². The average Bonchev–Trinajstić information content (AvgIpc) is 2.54. The summed E-state index contributed by atoms with van der Waals surface area (Å²) in [6.45, 7) is 2.58. The lowest BCUT2D eigenvalue weighted by Gasteiger charge is -2.13. The summed E-state index contributed by atoms with van der Waals surface area (Å²) < 4.78 is 5.18. The van der Waals surface area contributed by atoms with Crippen LogP contribution in [-0.2, 0) is 6.54 Å². The van der Waals surface area contributed by atoms with E-state index in [0.717, 1.165) is 5.56 Å². The topological polar surface area (TPSA) is 76.4 Å². The molecule has 2 rings (SSSR count). The maximum Gasteiger partial charge on any atom is 0.271 e. The summed E-state index contributed by atoms with van der Waals surface area (Å²) in [6.07, 6.45) is 0. The van der Waals surface area contributed by atoms with E-state index in [0.29, 0.717) is 23.1 Å². The number of hydrogen-bond donors (Lipinski definition) is 2. The first-order chi connectivity index (χ1) is 11.0. The van der Waals surface area contributed by atoms with E-state index in [2.05, 4.69) is 10.6 Å². The molecular formula is C16H17N3O3S. The lowest BCUT2D eigenvalue weighted by Crippen LogP contribution is -2.28. The highest BCUT2D eigenvalue weighted by molar-refractivity contribution is 7.80. The van der Waals surface area contributed by atoms with Crippen molar-refractivity contribution in [2.75, 3.05) is 12.4 Å². The van der Waals surface area contributed by atoms with Crippen LogP contribution < -0.4 is 15.4 Å². The van der Waals surface area contributed by atoms with Crippen LogP contribution >= 0.6 is 12.2 Å². The summed E-state index contributed by atoms with van der Waals surface area (Å²) in [7, 11) is 1.50. The van der Waals surface area contributed by atoms with Gasteiger partial charge >= 0.3 is 0 Å². The van der Waals surface area contributed by atoms with E-state index >= 15 is 0 Å². The lowest BCUT2D eigenvalue weighted by atomic mass is 10.1. The molecule has 0 aromatic heterocycles. The third kappa shape index (κ3) is 4.65. The number of rotatable bonds is 5. The summed E-state index contributed by atoms with van der Waals surface area (Å²) in [6, 6.07) is 12.4. The normalized spacial score (nSPS) is 10.0. The van der Waals surface area contributed by atoms with Crippen LogP contribution in [0, 0.1) is 17.0 Å². The van der Waals surface area contributed by atoms with Gasteiger partial charge < -0.3 is 15.4 Å². The first-order valence-corrected chi connectivity index (χ1v) is 7.33.